The lowest BCUT2D eigenvalue weighted by atomic mass is 9.82. The molecule has 1 aliphatic carbocycles. The summed E-state index contributed by atoms with van der Waals surface area (Å²) in [5.41, 5.74) is 0.0733. The number of nitrogens with zero attached hydrogens (tertiary/aromatic N) is 3. The Morgan fingerprint density at radius 3 is 2.81 bits per heavy atom. The van der Waals surface area contributed by atoms with E-state index in [2.05, 4.69) is 9.97 Å². The number of amides is 1. The first kappa shape index (κ1) is 14.4. The van der Waals surface area contributed by atoms with Crippen molar-refractivity contribution in [3.05, 3.63) is 24.3 Å². The molecule has 2 aliphatic rings. The highest BCUT2D eigenvalue weighted by molar-refractivity contribution is 5.78. The van der Waals surface area contributed by atoms with E-state index in [-0.39, 0.29) is 18.4 Å². The van der Waals surface area contributed by atoms with E-state index in [0.29, 0.717) is 0 Å². The number of hydrogen-bond donors (Lipinski definition) is 1. The Morgan fingerprint density at radius 1 is 1.29 bits per heavy atom. The van der Waals surface area contributed by atoms with Gasteiger partial charge in [0.05, 0.1) is 30.0 Å². The van der Waals surface area contributed by atoms with E-state index < -0.39 is 5.60 Å². The lowest BCUT2D eigenvalue weighted by Gasteiger charge is -2.34. The summed E-state index contributed by atoms with van der Waals surface area (Å²) in [6.45, 7) is 0.760. The second kappa shape index (κ2) is 6.10. The molecule has 114 valence electrons. The van der Waals surface area contributed by atoms with E-state index in [1.54, 1.807) is 18.6 Å². The Balaban J connectivity index is 1.68. The van der Waals surface area contributed by atoms with Crippen molar-refractivity contribution >= 4 is 5.91 Å². The maximum absolute atomic E-state index is 12.6. The molecule has 1 amide bonds. The van der Waals surface area contributed by atoms with E-state index in [4.69, 9.17) is 0 Å². The van der Waals surface area contributed by atoms with Crippen LogP contribution in [0.4, 0.5) is 0 Å². The molecule has 0 radical (unpaired) electrons. The van der Waals surface area contributed by atoms with Crippen LogP contribution in [0.25, 0.3) is 0 Å². The molecule has 21 heavy (non-hydrogen) atoms. The van der Waals surface area contributed by atoms with Gasteiger partial charge in [0.25, 0.3) is 0 Å². The molecule has 3 rings (SSSR count). The van der Waals surface area contributed by atoms with Crippen LogP contribution < -0.4 is 0 Å². The molecule has 1 atom stereocenters. The number of carbonyl (C=O) groups excluding carboxylic acids is 1. The highest BCUT2D eigenvalue weighted by atomic mass is 16.3. The molecular formula is C16H23N3O2. The van der Waals surface area contributed by atoms with Gasteiger partial charge in [0.2, 0.25) is 5.91 Å². The minimum absolute atomic E-state index is 0.0263. The largest absolute Gasteiger partial charge is 0.389 e. The summed E-state index contributed by atoms with van der Waals surface area (Å²) in [4.78, 5) is 22.9. The highest BCUT2D eigenvalue weighted by Crippen LogP contribution is 2.35. The second-order valence-corrected chi connectivity index (χ2v) is 6.34. The van der Waals surface area contributed by atoms with Gasteiger partial charge in [0.15, 0.2) is 0 Å². The van der Waals surface area contributed by atoms with Crippen LogP contribution in [0.2, 0.25) is 0 Å². The zero-order valence-electron chi connectivity index (χ0n) is 12.4. The van der Waals surface area contributed by atoms with Crippen LogP contribution in [0, 0.1) is 0 Å². The van der Waals surface area contributed by atoms with Crippen molar-refractivity contribution in [2.45, 2.75) is 63.0 Å². The van der Waals surface area contributed by atoms with Crippen molar-refractivity contribution < 1.29 is 9.90 Å². The van der Waals surface area contributed by atoms with Gasteiger partial charge in [-0.3, -0.25) is 14.8 Å². The number of aliphatic hydroxyl groups is 1. The summed E-state index contributed by atoms with van der Waals surface area (Å²) in [6, 6.07) is 0.0263. The van der Waals surface area contributed by atoms with Gasteiger partial charge in [0.1, 0.15) is 0 Å². The number of aromatic nitrogens is 2. The molecule has 2 heterocycles. The van der Waals surface area contributed by atoms with Crippen LogP contribution in [0.5, 0.6) is 0 Å². The molecule has 1 saturated carbocycles. The Kier molecular flexibility index (Phi) is 4.19. The average molecular weight is 289 g/mol. The molecule has 5 nitrogen and oxygen atoms in total. The number of likely N-dealkylation sites (tertiary alicyclic amines) is 1. The normalized spacial score (nSPS) is 25.0. The highest BCUT2D eigenvalue weighted by Gasteiger charge is 2.37. The fourth-order valence-electron chi connectivity index (χ4n) is 3.63. The van der Waals surface area contributed by atoms with Crippen LogP contribution in [0.15, 0.2) is 18.6 Å². The van der Waals surface area contributed by atoms with Crippen molar-refractivity contribution in [1.29, 1.82) is 0 Å². The summed E-state index contributed by atoms with van der Waals surface area (Å²) in [5.74, 6) is 0.0625. The number of hydrogen-bond acceptors (Lipinski definition) is 4. The van der Waals surface area contributed by atoms with Gasteiger partial charge in [-0.1, -0.05) is 19.3 Å². The number of rotatable bonds is 3. The van der Waals surface area contributed by atoms with Crippen molar-refractivity contribution in [2.24, 2.45) is 0 Å². The lowest BCUT2D eigenvalue weighted by Crippen LogP contribution is -2.40. The molecule has 1 aromatic rings. The van der Waals surface area contributed by atoms with Gasteiger partial charge < -0.3 is 10.0 Å². The molecule has 1 aliphatic heterocycles. The summed E-state index contributed by atoms with van der Waals surface area (Å²) < 4.78 is 0. The quantitative estimate of drug-likeness (QED) is 0.926. The SMILES string of the molecule is O=C(CC1(O)CCCCC1)N1CCC[C@@H]1c1cnccn1. The van der Waals surface area contributed by atoms with Gasteiger partial charge >= 0.3 is 0 Å². The van der Waals surface area contributed by atoms with E-state index >= 15 is 0 Å². The van der Waals surface area contributed by atoms with Crippen LogP contribution in [-0.4, -0.2) is 38.0 Å². The first-order chi connectivity index (χ1) is 10.2. The minimum Gasteiger partial charge on any atom is -0.389 e. The third-order valence-corrected chi connectivity index (χ3v) is 4.76. The maximum Gasteiger partial charge on any atom is 0.226 e. The fourth-order valence-corrected chi connectivity index (χ4v) is 3.63. The predicted octanol–water partition coefficient (Wildman–Crippen LogP) is 2.23. The van der Waals surface area contributed by atoms with E-state index in [9.17, 15) is 9.90 Å². The molecule has 0 bridgehead atoms. The predicted molar refractivity (Wildman–Crippen MR) is 78.4 cm³/mol. The Labute approximate surface area is 125 Å². The molecule has 0 aromatic carbocycles. The maximum atomic E-state index is 12.6. The Hall–Kier alpha value is -1.49. The van der Waals surface area contributed by atoms with Crippen LogP contribution in [-0.2, 0) is 4.79 Å². The van der Waals surface area contributed by atoms with E-state index in [1.807, 2.05) is 4.90 Å². The first-order valence-electron chi connectivity index (χ1n) is 7.96. The molecule has 0 spiro atoms. The van der Waals surface area contributed by atoms with Crippen LogP contribution >= 0.6 is 0 Å². The molecule has 0 unspecified atom stereocenters. The van der Waals surface area contributed by atoms with Crippen LogP contribution in [0.3, 0.4) is 0 Å². The van der Waals surface area contributed by atoms with Gasteiger partial charge in [-0.15, -0.1) is 0 Å². The summed E-state index contributed by atoms with van der Waals surface area (Å²) in [5, 5.41) is 10.6. The summed E-state index contributed by atoms with van der Waals surface area (Å²) in [6.07, 6.45) is 12.0. The molecule has 1 N–H and O–H groups in total. The van der Waals surface area contributed by atoms with Gasteiger partial charge in [0, 0.05) is 18.9 Å². The van der Waals surface area contributed by atoms with Crippen molar-refractivity contribution in [3.63, 3.8) is 0 Å². The monoisotopic (exact) mass is 289 g/mol. The van der Waals surface area contributed by atoms with E-state index in [0.717, 1.165) is 50.8 Å². The zero-order valence-corrected chi connectivity index (χ0v) is 12.4. The van der Waals surface area contributed by atoms with Crippen molar-refractivity contribution in [1.82, 2.24) is 14.9 Å². The van der Waals surface area contributed by atoms with Gasteiger partial charge in [-0.05, 0) is 25.7 Å². The molecular weight excluding hydrogens is 266 g/mol. The number of carbonyl (C=O) groups is 1. The summed E-state index contributed by atoms with van der Waals surface area (Å²) in [7, 11) is 0. The third-order valence-electron chi connectivity index (χ3n) is 4.76. The van der Waals surface area contributed by atoms with E-state index in [1.165, 1.54) is 6.42 Å². The molecule has 5 heteroatoms. The summed E-state index contributed by atoms with van der Waals surface area (Å²) >= 11 is 0. The third kappa shape index (κ3) is 3.23. The van der Waals surface area contributed by atoms with Crippen molar-refractivity contribution in [2.75, 3.05) is 6.54 Å². The lowest BCUT2D eigenvalue weighted by molar-refractivity contribution is -0.138. The van der Waals surface area contributed by atoms with Crippen LogP contribution in [0.1, 0.15) is 63.1 Å². The standard InChI is InChI=1S/C16H23N3O2/c20-15(11-16(21)6-2-1-3-7-16)19-10-4-5-14(19)13-12-17-8-9-18-13/h8-9,12,14,21H,1-7,10-11H2/t14-/m1/s1. The second-order valence-electron chi connectivity index (χ2n) is 6.34. The molecule has 2 fully saturated rings. The van der Waals surface area contributed by atoms with Gasteiger partial charge in [-0.25, -0.2) is 0 Å². The van der Waals surface area contributed by atoms with Crippen molar-refractivity contribution in [3.8, 4) is 0 Å². The zero-order chi connectivity index (χ0) is 14.7. The Morgan fingerprint density at radius 2 is 2.10 bits per heavy atom. The molecule has 1 saturated heterocycles. The molecule has 1 aromatic heterocycles. The smallest absolute Gasteiger partial charge is 0.226 e. The Bertz CT molecular complexity index is 486. The topological polar surface area (TPSA) is 66.3 Å². The average Bonchev–Trinajstić information content (AvgIpc) is 2.98. The van der Waals surface area contributed by atoms with Gasteiger partial charge in [-0.2, -0.15) is 0 Å². The first-order valence-corrected chi connectivity index (χ1v) is 7.96. The minimum atomic E-state index is -0.787. The fraction of sp³-hybridized carbons (Fsp3) is 0.688.